The van der Waals surface area contributed by atoms with Crippen LogP contribution in [-0.2, 0) is 20.6 Å². The number of benzene rings is 2. The maximum Gasteiger partial charge on any atom is 0.417 e. The fraction of sp³-hybridized carbons (Fsp3) is 0.250. The topological polar surface area (TPSA) is 69.7 Å². The van der Waals surface area contributed by atoms with Crippen LogP contribution in [0.5, 0.6) is 0 Å². The molecule has 6 nitrogen and oxygen atoms in total. The molecule has 0 aromatic heterocycles. The number of alkyl halides is 3. The predicted molar refractivity (Wildman–Crippen MR) is 107 cm³/mol. The molecule has 3 rings (SSSR count). The Labute approximate surface area is 175 Å². The fourth-order valence-electron chi connectivity index (χ4n) is 3.06. The summed E-state index contributed by atoms with van der Waals surface area (Å²) in [6, 6.07) is 9.91. The van der Waals surface area contributed by atoms with Gasteiger partial charge in [0.25, 0.3) is 0 Å². The monoisotopic (exact) mass is 439 g/mol. The van der Waals surface area contributed by atoms with Gasteiger partial charge >= 0.3 is 6.18 Å². The summed E-state index contributed by atoms with van der Waals surface area (Å²) in [6.07, 6.45) is -5.10. The number of anilines is 3. The summed E-state index contributed by atoms with van der Waals surface area (Å²) in [5.41, 5.74) is -0.0259. The van der Waals surface area contributed by atoms with E-state index in [1.807, 2.05) is 0 Å². The Hall–Kier alpha value is -3.07. The molecule has 2 aromatic carbocycles. The molecule has 158 valence electrons. The van der Waals surface area contributed by atoms with Crippen LogP contribution in [0, 0.1) is 0 Å². The van der Waals surface area contributed by atoms with Crippen molar-refractivity contribution in [1.29, 1.82) is 0 Å². The van der Waals surface area contributed by atoms with Gasteiger partial charge in [-0.3, -0.25) is 14.4 Å². The second-order valence-corrected chi connectivity index (χ2v) is 7.07. The molecule has 0 saturated heterocycles. The van der Waals surface area contributed by atoms with Crippen LogP contribution in [0.3, 0.4) is 0 Å². The molecule has 0 atom stereocenters. The summed E-state index contributed by atoms with van der Waals surface area (Å²) in [5.74, 6) is -1.34. The van der Waals surface area contributed by atoms with Crippen LogP contribution in [0.2, 0.25) is 5.02 Å². The van der Waals surface area contributed by atoms with Crippen molar-refractivity contribution in [2.45, 2.75) is 19.0 Å². The average molecular weight is 440 g/mol. The van der Waals surface area contributed by atoms with Crippen molar-refractivity contribution < 1.29 is 27.6 Å². The van der Waals surface area contributed by atoms with E-state index in [1.165, 1.54) is 18.0 Å². The zero-order valence-electron chi connectivity index (χ0n) is 15.8. The molecule has 1 heterocycles. The van der Waals surface area contributed by atoms with E-state index in [2.05, 4.69) is 5.32 Å². The van der Waals surface area contributed by atoms with Gasteiger partial charge in [0.2, 0.25) is 17.7 Å². The number of fused-ring (bicyclic) bond motifs is 1. The van der Waals surface area contributed by atoms with E-state index >= 15 is 0 Å². The van der Waals surface area contributed by atoms with Gasteiger partial charge in [0, 0.05) is 25.6 Å². The average Bonchev–Trinajstić information content (AvgIpc) is 2.70. The quantitative estimate of drug-likeness (QED) is 0.780. The van der Waals surface area contributed by atoms with E-state index < -0.39 is 28.6 Å². The molecule has 0 fully saturated rings. The van der Waals surface area contributed by atoms with Crippen molar-refractivity contribution in [2.24, 2.45) is 0 Å². The van der Waals surface area contributed by atoms with E-state index in [0.717, 1.165) is 17.0 Å². The molecule has 0 unspecified atom stereocenters. The molecule has 1 aliphatic rings. The fourth-order valence-corrected chi connectivity index (χ4v) is 3.28. The summed E-state index contributed by atoms with van der Waals surface area (Å²) >= 11 is 5.60. The second-order valence-electron chi connectivity index (χ2n) is 6.66. The van der Waals surface area contributed by atoms with Crippen LogP contribution in [0.1, 0.15) is 18.4 Å². The Balaban J connectivity index is 1.69. The lowest BCUT2D eigenvalue weighted by Crippen LogP contribution is -2.42. The third-order valence-corrected chi connectivity index (χ3v) is 4.97. The smallest absolute Gasteiger partial charge is 0.323 e. The number of para-hydroxylation sites is 2. The van der Waals surface area contributed by atoms with Crippen molar-refractivity contribution >= 4 is 46.4 Å². The van der Waals surface area contributed by atoms with Gasteiger partial charge < -0.3 is 15.1 Å². The standard InChI is InChI=1S/C20H17ClF3N3O3/c1-26(12-6-7-14(21)13(10-12)20(22,23)24)18(29)8-9-19(30)27-11-17(28)25-15-4-2-3-5-16(15)27/h2-7,10H,8-9,11H2,1H3,(H,25,28). The SMILES string of the molecule is CN(C(=O)CCC(=O)N1CC(=O)Nc2ccccc21)c1ccc(Cl)c(C(F)(F)F)c1. The molecule has 3 amide bonds. The van der Waals surface area contributed by atoms with Gasteiger partial charge in [0.1, 0.15) is 6.54 Å². The third-order valence-electron chi connectivity index (χ3n) is 4.64. The number of hydrogen-bond acceptors (Lipinski definition) is 3. The molecule has 2 aromatic rings. The zero-order valence-corrected chi connectivity index (χ0v) is 16.5. The Morgan fingerprint density at radius 3 is 2.57 bits per heavy atom. The van der Waals surface area contributed by atoms with Gasteiger partial charge in [-0.15, -0.1) is 0 Å². The molecule has 1 aliphatic heterocycles. The molecule has 0 bridgehead atoms. The number of halogens is 4. The van der Waals surface area contributed by atoms with Crippen LogP contribution in [0.4, 0.5) is 30.2 Å². The Morgan fingerprint density at radius 1 is 1.17 bits per heavy atom. The first-order valence-corrected chi connectivity index (χ1v) is 9.28. The molecule has 0 aliphatic carbocycles. The first-order chi connectivity index (χ1) is 14.1. The van der Waals surface area contributed by atoms with Crippen LogP contribution in [0.15, 0.2) is 42.5 Å². The Kier molecular flexibility index (Phi) is 6.02. The van der Waals surface area contributed by atoms with E-state index in [4.69, 9.17) is 11.6 Å². The van der Waals surface area contributed by atoms with Gasteiger partial charge in [-0.2, -0.15) is 13.2 Å². The van der Waals surface area contributed by atoms with E-state index in [9.17, 15) is 27.6 Å². The summed E-state index contributed by atoms with van der Waals surface area (Å²) < 4.78 is 39.1. The highest BCUT2D eigenvalue weighted by Crippen LogP contribution is 2.37. The number of carbonyl (C=O) groups excluding carboxylic acids is 3. The number of amides is 3. The number of nitrogens with zero attached hydrogens (tertiary/aromatic N) is 2. The summed E-state index contributed by atoms with van der Waals surface area (Å²) in [4.78, 5) is 39.2. The van der Waals surface area contributed by atoms with E-state index in [1.54, 1.807) is 24.3 Å². The number of rotatable bonds is 4. The number of hydrogen-bond donors (Lipinski definition) is 1. The molecular formula is C20H17ClF3N3O3. The maximum atomic E-state index is 13.0. The molecule has 0 saturated carbocycles. The first-order valence-electron chi connectivity index (χ1n) is 8.90. The molecular weight excluding hydrogens is 423 g/mol. The normalized spacial score (nSPS) is 13.5. The Bertz CT molecular complexity index is 1010. The van der Waals surface area contributed by atoms with Crippen molar-refractivity contribution in [2.75, 3.05) is 28.7 Å². The van der Waals surface area contributed by atoms with Crippen molar-refractivity contribution in [1.82, 2.24) is 0 Å². The van der Waals surface area contributed by atoms with Gasteiger partial charge in [-0.25, -0.2) is 0 Å². The van der Waals surface area contributed by atoms with E-state index in [0.29, 0.717) is 11.4 Å². The van der Waals surface area contributed by atoms with Gasteiger partial charge in [0.05, 0.1) is 22.0 Å². The van der Waals surface area contributed by atoms with Gasteiger partial charge in [-0.1, -0.05) is 23.7 Å². The van der Waals surface area contributed by atoms with Crippen LogP contribution in [0.25, 0.3) is 0 Å². The largest absolute Gasteiger partial charge is 0.417 e. The van der Waals surface area contributed by atoms with Crippen molar-refractivity contribution in [3.8, 4) is 0 Å². The second kappa shape index (κ2) is 8.35. The number of nitrogens with one attached hydrogen (secondary N) is 1. The van der Waals surface area contributed by atoms with Gasteiger partial charge in [-0.05, 0) is 30.3 Å². The van der Waals surface area contributed by atoms with Crippen molar-refractivity contribution in [3.63, 3.8) is 0 Å². The minimum Gasteiger partial charge on any atom is -0.323 e. The lowest BCUT2D eigenvalue weighted by atomic mass is 10.1. The molecule has 0 radical (unpaired) electrons. The Morgan fingerprint density at radius 2 is 1.87 bits per heavy atom. The highest BCUT2D eigenvalue weighted by Gasteiger charge is 2.34. The maximum absolute atomic E-state index is 13.0. The zero-order chi connectivity index (χ0) is 22.1. The van der Waals surface area contributed by atoms with Crippen LogP contribution >= 0.6 is 11.6 Å². The molecule has 0 spiro atoms. The molecule has 30 heavy (non-hydrogen) atoms. The highest BCUT2D eigenvalue weighted by atomic mass is 35.5. The lowest BCUT2D eigenvalue weighted by molar-refractivity contribution is -0.137. The van der Waals surface area contributed by atoms with Crippen molar-refractivity contribution in [3.05, 3.63) is 53.1 Å². The summed E-state index contributed by atoms with van der Waals surface area (Å²) in [5, 5.41) is 2.19. The number of carbonyl (C=O) groups is 3. The third kappa shape index (κ3) is 4.56. The first kappa shape index (κ1) is 21.6. The molecule has 1 N–H and O–H groups in total. The highest BCUT2D eigenvalue weighted by molar-refractivity contribution is 6.31. The van der Waals surface area contributed by atoms with Crippen LogP contribution < -0.4 is 15.1 Å². The van der Waals surface area contributed by atoms with Crippen LogP contribution in [-0.4, -0.2) is 31.3 Å². The lowest BCUT2D eigenvalue weighted by Gasteiger charge is -2.29. The predicted octanol–water partition coefficient (Wildman–Crippen LogP) is 4.09. The minimum atomic E-state index is -4.66. The minimum absolute atomic E-state index is 0.00636. The van der Waals surface area contributed by atoms with Gasteiger partial charge in [0.15, 0.2) is 0 Å². The van der Waals surface area contributed by atoms with E-state index in [-0.39, 0.29) is 31.0 Å². The summed E-state index contributed by atoms with van der Waals surface area (Å²) in [7, 11) is 1.32. The molecule has 10 heteroatoms. The summed E-state index contributed by atoms with van der Waals surface area (Å²) in [6.45, 7) is -0.175.